The van der Waals surface area contributed by atoms with Gasteiger partial charge in [-0.05, 0) is 43.3 Å². The van der Waals surface area contributed by atoms with Crippen LogP contribution < -0.4 is 15.5 Å². The Morgan fingerprint density at radius 3 is 2.70 bits per heavy atom. The van der Waals surface area contributed by atoms with Crippen LogP contribution in [0.15, 0.2) is 48.8 Å². The van der Waals surface area contributed by atoms with E-state index < -0.39 is 10.8 Å². The monoisotopic (exact) mass is 464 g/mol. The van der Waals surface area contributed by atoms with Gasteiger partial charge in [0.25, 0.3) is 0 Å². The Labute approximate surface area is 194 Å². The average Bonchev–Trinajstić information content (AvgIpc) is 3.20. The number of urea groups is 1. The highest BCUT2D eigenvalue weighted by Gasteiger charge is 2.30. The van der Waals surface area contributed by atoms with E-state index in [-0.39, 0.29) is 12.1 Å². The lowest BCUT2D eigenvalue weighted by atomic mass is 10.1. The van der Waals surface area contributed by atoms with Crippen LogP contribution in [-0.2, 0) is 27.0 Å². The molecule has 2 aromatic heterocycles. The van der Waals surface area contributed by atoms with Crippen molar-refractivity contribution in [1.82, 2.24) is 15.0 Å². The van der Waals surface area contributed by atoms with Crippen molar-refractivity contribution in [1.29, 1.82) is 0 Å². The van der Waals surface area contributed by atoms with Crippen LogP contribution in [-0.4, -0.2) is 51.0 Å². The summed E-state index contributed by atoms with van der Waals surface area (Å²) in [6.07, 6.45) is 3.22. The fourth-order valence-corrected chi connectivity index (χ4v) is 5.25. The van der Waals surface area contributed by atoms with Crippen LogP contribution in [0.1, 0.15) is 18.2 Å². The Morgan fingerprint density at radius 2 is 1.94 bits per heavy atom. The molecule has 0 bridgehead atoms. The molecule has 1 saturated heterocycles. The summed E-state index contributed by atoms with van der Waals surface area (Å²) in [5.74, 6) is 2.39. The van der Waals surface area contributed by atoms with E-state index in [2.05, 4.69) is 27.4 Å². The van der Waals surface area contributed by atoms with Crippen LogP contribution in [0.25, 0.3) is 11.4 Å². The molecular formula is C23H24N6O3S. The third kappa shape index (κ3) is 4.71. The minimum atomic E-state index is -0.957. The molecule has 2 atom stereocenters. The van der Waals surface area contributed by atoms with Gasteiger partial charge in [0, 0.05) is 40.4 Å². The number of morpholine rings is 1. The first-order valence-electron chi connectivity index (χ1n) is 10.7. The predicted molar refractivity (Wildman–Crippen MR) is 128 cm³/mol. The zero-order valence-electron chi connectivity index (χ0n) is 18.2. The van der Waals surface area contributed by atoms with Gasteiger partial charge in [0.15, 0.2) is 5.82 Å². The first kappa shape index (κ1) is 21.5. The number of benzene rings is 1. The maximum atomic E-state index is 12.3. The number of ether oxygens (including phenoxy) is 1. The molecule has 9 nitrogen and oxygen atoms in total. The maximum absolute atomic E-state index is 12.3. The van der Waals surface area contributed by atoms with E-state index in [4.69, 9.17) is 14.7 Å². The van der Waals surface area contributed by atoms with Crippen molar-refractivity contribution in [3.63, 3.8) is 0 Å². The smallest absolute Gasteiger partial charge is 0.323 e. The molecule has 1 aromatic carbocycles. The van der Waals surface area contributed by atoms with Gasteiger partial charge in [-0.3, -0.25) is 9.19 Å². The summed E-state index contributed by atoms with van der Waals surface area (Å²) in [6, 6.07) is 10.7. The van der Waals surface area contributed by atoms with E-state index in [1.807, 2.05) is 24.3 Å². The van der Waals surface area contributed by atoms with E-state index in [0.717, 1.165) is 29.2 Å². The van der Waals surface area contributed by atoms with E-state index in [1.165, 1.54) is 0 Å². The topological polar surface area (TPSA) is 109 Å². The standard InChI is InChI=1S/C23H24N6O3S/c1-15-12-32-10-9-29(15)22-19-13-33(31)14-20(19)27-21(28-22)16-4-6-17(7-5-16)25-23(30)26-18-3-2-8-24-11-18/h2-8,11,15H,9-10,12-14H2,1H3,(H2,25,26,30). The summed E-state index contributed by atoms with van der Waals surface area (Å²) in [5, 5.41) is 5.54. The first-order valence-corrected chi connectivity index (χ1v) is 12.2. The molecule has 2 aliphatic rings. The molecule has 0 spiro atoms. The van der Waals surface area contributed by atoms with Gasteiger partial charge in [0.05, 0.1) is 48.3 Å². The minimum Gasteiger partial charge on any atom is -0.377 e. The third-order valence-electron chi connectivity index (χ3n) is 5.63. The minimum absolute atomic E-state index is 0.185. The number of amides is 2. The normalized spacial score (nSPS) is 19.7. The number of aromatic nitrogens is 3. The average molecular weight is 465 g/mol. The van der Waals surface area contributed by atoms with Crippen LogP contribution in [0, 0.1) is 0 Å². The molecule has 5 rings (SSSR count). The van der Waals surface area contributed by atoms with Gasteiger partial charge in [-0.25, -0.2) is 14.8 Å². The van der Waals surface area contributed by atoms with Gasteiger partial charge in [-0.1, -0.05) is 0 Å². The van der Waals surface area contributed by atoms with E-state index in [0.29, 0.717) is 41.9 Å². The molecule has 2 unspecified atom stereocenters. The number of pyridine rings is 1. The summed E-state index contributed by atoms with van der Waals surface area (Å²) < 4.78 is 17.9. The molecule has 2 amide bonds. The molecular weight excluding hydrogens is 440 g/mol. The molecule has 170 valence electrons. The SMILES string of the molecule is CC1COCCN1c1nc(-c2ccc(NC(=O)Nc3cccnc3)cc2)nc2c1CS(=O)C2. The summed E-state index contributed by atoms with van der Waals surface area (Å²) >= 11 is 0. The van der Waals surface area contributed by atoms with Gasteiger partial charge in [-0.15, -0.1) is 0 Å². The summed E-state index contributed by atoms with van der Waals surface area (Å²) in [4.78, 5) is 28.1. The quantitative estimate of drug-likeness (QED) is 0.610. The predicted octanol–water partition coefficient (Wildman–Crippen LogP) is 3.17. The third-order valence-corrected chi connectivity index (χ3v) is 6.84. The summed E-state index contributed by atoms with van der Waals surface area (Å²) in [5.41, 5.74) is 3.92. The molecule has 0 radical (unpaired) electrons. The zero-order valence-corrected chi connectivity index (χ0v) is 19.0. The van der Waals surface area contributed by atoms with Crippen molar-refractivity contribution in [2.45, 2.75) is 24.5 Å². The van der Waals surface area contributed by atoms with Gasteiger partial charge in [0.2, 0.25) is 0 Å². The van der Waals surface area contributed by atoms with E-state index >= 15 is 0 Å². The Hall–Kier alpha value is -3.37. The van der Waals surface area contributed by atoms with E-state index in [1.54, 1.807) is 24.5 Å². The lowest BCUT2D eigenvalue weighted by Gasteiger charge is -2.35. The Morgan fingerprint density at radius 1 is 1.12 bits per heavy atom. The number of hydrogen-bond acceptors (Lipinski definition) is 7. The second-order valence-corrected chi connectivity index (χ2v) is 9.50. The van der Waals surface area contributed by atoms with Gasteiger partial charge >= 0.3 is 6.03 Å². The second kappa shape index (κ2) is 9.24. The summed E-state index contributed by atoms with van der Waals surface area (Å²) in [7, 11) is -0.957. The first-order chi connectivity index (χ1) is 16.1. The molecule has 1 fully saturated rings. The van der Waals surface area contributed by atoms with Gasteiger partial charge in [0.1, 0.15) is 5.82 Å². The molecule has 33 heavy (non-hydrogen) atoms. The summed E-state index contributed by atoms with van der Waals surface area (Å²) in [6.45, 7) is 4.13. The van der Waals surface area contributed by atoms with Crippen LogP contribution in [0.5, 0.6) is 0 Å². The van der Waals surface area contributed by atoms with Gasteiger partial charge in [-0.2, -0.15) is 0 Å². The van der Waals surface area contributed by atoms with Crippen molar-refractivity contribution in [3.05, 3.63) is 60.0 Å². The highest BCUT2D eigenvalue weighted by Crippen LogP contribution is 2.33. The number of carbonyl (C=O) groups excluding carboxylic acids is 1. The Balaban J connectivity index is 1.38. The molecule has 4 heterocycles. The Kier molecular flexibility index (Phi) is 6.01. The van der Waals surface area contributed by atoms with Crippen molar-refractivity contribution < 1.29 is 13.7 Å². The van der Waals surface area contributed by atoms with E-state index in [9.17, 15) is 9.00 Å². The number of nitrogens with one attached hydrogen (secondary N) is 2. The second-order valence-electron chi connectivity index (χ2n) is 8.04. The van der Waals surface area contributed by atoms with Crippen LogP contribution in [0.2, 0.25) is 0 Å². The van der Waals surface area contributed by atoms with Crippen molar-refractivity contribution in [3.8, 4) is 11.4 Å². The fraction of sp³-hybridized carbons (Fsp3) is 0.304. The Bertz CT molecular complexity index is 1190. The molecule has 10 heteroatoms. The van der Waals surface area contributed by atoms with Crippen molar-refractivity contribution in [2.24, 2.45) is 0 Å². The zero-order chi connectivity index (χ0) is 22.8. The van der Waals surface area contributed by atoms with Gasteiger partial charge < -0.3 is 20.3 Å². The lowest BCUT2D eigenvalue weighted by molar-refractivity contribution is 0.0984. The molecule has 0 aliphatic carbocycles. The molecule has 0 saturated carbocycles. The van der Waals surface area contributed by atoms with Crippen molar-refractivity contribution >= 4 is 34.0 Å². The molecule has 2 N–H and O–H groups in total. The molecule has 2 aliphatic heterocycles. The highest BCUT2D eigenvalue weighted by atomic mass is 32.2. The number of rotatable bonds is 4. The van der Waals surface area contributed by atoms with Crippen molar-refractivity contribution in [2.75, 3.05) is 35.3 Å². The van der Waals surface area contributed by atoms with Crippen LogP contribution in [0.3, 0.4) is 0 Å². The van der Waals surface area contributed by atoms with Crippen LogP contribution >= 0.6 is 0 Å². The number of hydrogen-bond donors (Lipinski definition) is 2. The molecule has 3 aromatic rings. The lowest BCUT2D eigenvalue weighted by Crippen LogP contribution is -2.44. The number of nitrogens with zero attached hydrogens (tertiary/aromatic N) is 4. The number of anilines is 3. The largest absolute Gasteiger partial charge is 0.377 e. The maximum Gasteiger partial charge on any atom is 0.323 e. The highest BCUT2D eigenvalue weighted by molar-refractivity contribution is 7.83. The number of carbonyl (C=O) groups is 1. The van der Waals surface area contributed by atoms with Crippen LogP contribution in [0.4, 0.5) is 22.0 Å². The number of fused-ring (bicyclic) bond motifs is 1. The fourth-order valence-electron chi connectivity index (χ4n) is 3.99.